The van der Waals surface area contributed by atoms with Crippen LogP contribution in [0.3, 0.4) is 0 Å². The van der Waals surface area contributed by atoms with E-state index in [1.807, 2.05) is 30.3 Å². The van der Waals surface area contributed by atoms with E-state index in [2.05, 4.69) is 5.32 Å². The molecule has 5 N–H and O–H groups in total. The Labute approximate surface area is 214 Å². The number of Topliss-reactive ketones (excluding diaryl/α,β-unsaturated/α-hetero) is 1. The number of amides is 1. The van der Waals surface area contributed by atoms with Crippen molar-refractivity contribution in [1.82, 2.24) is 5.32 Å². The van der Waals surface area contributed by atoms with Gasteiger partial charge in [0.05, 0.1) is 42.8 Å². The first kappa shape index (κ1) is 26.9. The van der Waals surface area contributed by atoms with Gasteiger partial charge in [-0.05, 0) is 31.0 Å². The van der Waals surface area contributed by atoms with Crippen molar-refractivity contribution in [2.75, 3.05) is 0 Å². The molecule has 1 fully saturated rings. The number of rotatable bonds is 7. The summed E-state index contributed by atoms with van der Waals surface area (Å²) in [4.78, 5) is 25.4. The van der Waals surface area contributed by atoms with Crippen molar-refractivity contribution < 1.29 is 44.2 Å². The molecule has 1 amide bonds. The minimum atomic E-state index is -1.03. The van der Waals surface area contributed by atoms with Crippen LogP contribution in [0.1, 0.15) is 61.2 Å². The van der Waals surface area contributed by atoms with E-state index in [0.29, 0.717) is 0 Å². The number of nitrogens with one attached hydrogen (secondary N) is 1. The van der Waals surface area contributed by atoms with Gasteiger partial charge in [0, 0.05) is 6.42 Å². The average Bonchev–Trinajstić information content (AvgIpc) is 2.88. The molecule has 7 atom stereocenters. The maximum atomic E-state index is 13.0. The molecule has 200 valence electrons. The van der Waals surface area contributed by atoms with E-state index in [1.165, 1.54) is 13.0 Å². The summed E-state index contributed by atoms with van der Waals surface area (Å²) in [6.45, 7) is 4.22. The fourth-order valence-corrected chi connectivity index (χ4v) is 4.56. The molecule has 0 spiro atoms. The summed E-state index contributed by atoms with van der Waals surface area (Å²) < 4.78 is 17.7. The molecule has 2 aliphatic rings. The molecule has 0 bridgehead atoms. The third kappa shape index (κ3) is 5.57. The number of ketones is 1. The molecular formula is C27H33NO9. The Morgan fingerprint density at radius 3 is 2.59 bits per heavy atom. The Balaban J connectivity index is 1.59. The number of aliphatic hydroxyl groups is 3. The topological polar surface area (TPSA) is 155 Å². The highest BCUT2D eigenvalue weighted by Crippen LogP contribution is 2.48. The van der Waals surface area contributed by atoms with Crippen molar-refractivity contribution in [3.63, 3.8) is 0 Å². The highest BCUT2D eigenvalue weighted by Gasteiger charge is 2.39. The Morgan fingerprint density at radius 2 is 1.95 bits per heavy atom. The predicted molar refractivity (Wildman–Crippen MR) is 131 cm³/mol. The van der Waals surface area contributed by atoms with Crippen molar-refractivity contribution >= 4 is 11.7 Å². The number of benzene rings is 2. The van der Waals surface area contributed by atoms with Crippen molar-refractivity contribution in [3.8, 4) is 17.2 Å². The highest BCUT2D eigenvalue weighted by atomic mass is 16.7. The van der Waals surface area contributed by atoms with Gasteiger partial charge >= 0.3 is 0 Å². The molecule has 0 aromatic heterocycles. The molecule has 10 nitrogen and oxygen atoms in total. The molecule has 1 saturated heterocycles. The molecule has 4 rings (SSSR count). The number of hydrogen-bond acceptors (Lipinski definition) is 9. The Morgan fingerprint density at radius 1 is 1.24 bits per heavy atom. The van der Waals surface area contributed by atoms with Crippen molar-refractivity contribution in [1.29, 1.82) is 0 Å². The summed E-state index contributed by atoms with van der Waals surface area (Å²) in [5.74, 6) is -1.95. The van der Waals surface area contributed by atoms with Crippen LogP contribution in [0.25, 0.3) is 0 Å². The minimum absolute atomic E-state index is 0.0428. The van der Waals surface area contributed by atoms with Crippen LogP contribution < -0.4 is 14.8 Å². The zero-order chi connectivity index (χ0) is 26.9. The second-order valence-electron chi connectivity index (χ2n) is 9.65. The molecule has 0 unspecified atom stereocenters. The molecule has 0 radical (unpaired) electrons. The Kier molecular flexibility index (Phi) is 8.03. The maximum absolute atomic E-state index is 13.0. The van der Waals surface area contributed by atoms with Gasteiger partial charge in [-0.15, -0.1) is 0 Å². The first-order valence-corrected chi connectivity index (χ1v) is 12.3. The molecule has 0 aliphatic carbocycles. The lowest BCUT2D eigenvalue weighted by Gasteiger charge is -2.38. The van der Waals surface area contributed by atoms with Crippen LogP contribution in [0.4, 0.5) is 0 Å². The van der Waals surface area contributed by atoms with Crippen LogP contribution in [0.15, 0.2) is 36.4 Å². The Bertz CT molecular complexity index is 1140. The summed E-state index contributed by atoms with van der Waals surface area (Å²) in [5.41, 5.74) is 1.10. The van der Waals surface area contributed by atoms with Gasteiger partial charge in [0.2, 0.25) is 17.9 Å². The van der Waals surface area contributed by atoms with Crippen molar-refractivity contribution in [3.05, 3.63) is 53.1 Å². The first-order chi connectivity index (χ1) is 17.6. The second kappa shape index (κ2) is 11.1. The third-order valence-electron chi connectivity index (χ3n) is 6.98. The van der Waals surface area contributed by atoms with Crippen LogP contribution in [-0.2, 0) is 16.1 Å². The van der Waals surface area contributed by atoms with Gasteiger partial charge in [-0.2, -0.15) is 0 Å². The van der Waals surface area contributed by atoms with Crippen LogP contribution in [0.5, 0.6) is 17.2 Å². The number of carbonyl (C=O) groups is 2. The zero-order valence-corrected chi connectivity index (χ0v) is 21.0. The number of aliphatic hydroxyl groups excluding tert-OH is 3. The van der Waals surface area contributed by atoms with E-state index < -0.39 is 60.9 Å². The fourth-order valence-electron chi connectivity index (χ4n) is 4.56. The standard InChI is InChI=1S/C27H33NO9/c1-13(14(2)30)27(34)28-18-10-22(35-15(3)24(18)32)36-21-9-17(12-29)23-19(31)11-20(37-26(23)25(21)33)16-7-5-4-6-8-16/h4-9,13-15,18,20,22,24,29-30,32-33H,10-12H2,1-3H3,(H,28,34)/t13-,14-,15-,18+,20+,22-,24-/m1/s1. The lowest BCUT2D eigenvalue weighted by atomic mass is 9.92. The number of hydrogen-bond donors (Lipinski definition) is 5. The van der Waals surface area contributed by atoms with Gasteiger partial charge in [0.15, 0.2) is 17.3 Å². The molecular weight excluding hydrogens is 482 g/mol. The number of phenolic OH excluding ortho intramolecular Hbond substituents is 1. The molecule has 2 aromatic carbocycles. The molecule has 0 saturated carbocycles. The van der Waals surface area contributed by atoms with Gasteiger partial charge < -0.3 is 40.0 Å². The van der Waals surface area contributed by atoms with Crippen LogP contribution in [-0.4, -0.2) is 62.8 Å². The Hall–Kier alpha value is -3.18. The number of ether oxygens (including phenoxy) is 3. The first-order valence-electron chi connectivity index (χ1n) is 12.3. The smallest absolute Gasteiger partial charge is 0.225 e. The maximum Gasteiger partial charge on any atom is 0.225 e. The van der Waals surface area contributed by atoms with E-state index in [0.717, 1.165) is 5.56 Å². The average molecular weight is 516 g/mol. The normalized spacial score (nSPS) is 27.0. The van der Waals surface area contributed by atoms with Gasteiger partial charge in [-0.1, -0.05) is 37.3 Å². The van der Waals surface area contributed by atoms with Crippen LogP contribution in [0, 0.1) is 5.92 Å². The SMILES string of the molecule is C[C@@H](O)[C@@H](C)C(=O)N[C@H]1C[C@@H](Oc2cc(CO)c3c(c2O)O[C@H](c2ccccc2)CC3=O)O[C@H](C)[C@H]1O. The van der Waals surface area contributed by atoms with Crippen LogP contribution >= 0.6 is 0 Å². The van der Waals surface area contributed by atoms with Gasteiger partial charge in [0.1, 0.15) is 12.2 Å². The third-order valence-corrected chi connectivity index (χ3v) is 6.98. The van der Waals surface area contributed by atoms with E-state index in [-0.39, 0.29) is 41.3 Å². The van der Waals surface area contributed by atoms with E-state index >= 15 is 0 Å². The molecule has 2 aliphatic heterocycles. The molecule has 2 heterocycles. The second-order valence-corrected chi connectivity index (χ2v) is 9.65. The summed E-state index contributed by atoms with van der Waals surface area (Å²) in [6.07, 6.45) is -4.12. The fraction of sp³-hybridized carbons (Fsp3) is 0.481. The summed E-state index contributed by atoms with van der Waals surface area (Å²) >= 11 is 0. The quantitative estimate of drug-likeness (QED) is 0.372. The lowest BCUT2D eigenvalue weighted by Crippen LogP contribution is -2.57. The molecule has 10 heteroatoms. The van der Waals surface area contributed by atoms with Crippen molar-refractivity contribution in [2.24, 2.45) is 5.92 Å². The molecule has 37 heavy (non-hydrogen) atoms. The van der Waals surface area contributed by atoms with Crippen molar-refractivity contribution in [2.45, 2.75) is 77.0 Å². The van der Waals surface area contributed by atoms with Crippen LogP contribution in [0.2, 0.25) is 0 Å². The lowest BCUT2D eigenvalue weighted by molar-refractivity contribution is -0.192. The highest BCUT2D eigenvalue weighted by molar-refractivity contribution is 6.02. The minimum Gasteiger partial charge on any atom is -0.502 e. The largest absolute Gasteiger partial charge is 0.502 e. The number of phenols is 1. The predicted octanol–water partition coefficient (Wildman–Crippen LogP) is 1.97. The number of fused-ring (bicyclic) bond motifs is 1. The zero-order valence-electron chi connectivity index (χ0n) is 21.0. The monoisotopic (exact) mass is 515 g/mol. The van der Waals surface area contributed by atoms with E-state index in [1.54, 1.807) is 13.8 Å². The van der Waals surface area contributed by atoms with E-state index in [9.17, 15) is 30.0 Å². The summed E-state index contributed by atoms with van der Waals surface area (Å²) in [6, 6.07) is 9.76. The van der Waals surface area contributed by atoms with Gasteiger partial charge in [-0.25, -0.2) is 0 Å². The van der Waals surface area contributed by atoms with Gasteiger partial charge in [0.25, 0.3) is 0 Å². The number of aromatic hydroxyl groups is 1. The van der Waals surface area contributed by atoms with E-state index in [4.69, 9.17) is 14.2 Å². The summed E-state index contributed by atoms with van der Waals surface area (Å²) in [5, 5.41) is 44.0. The number of carbonyl (C=O) groups excluding carboxylic acids is 2. The molecule has 2 aromatic rings. The summed E-state index contributed by atoms with van der Waals surface area (Å²) in [7, 11) is 0. The van der Waals surface area contributed by atoms with Gasteiger partial charge in [-0.3, -0.25) is 9.59 Å².